The van der Waals surface area contributed by atoms with E-state index in [2.05, 4.69) is 9.97 Å². The molecule has 4 nitrogen and oxygen atoms in total. The summed E-state index contributed by atoms with van der Waals surface area (Å²) in [6.45, 7) is 0.242. The van der Waals surface area contributed by atoms with E-state index in [0.29, 0.717) is 0 Å². The van der Waals surface area contributed by atoms with Crippen LogP contribution in [0.15, 0.2) is 47.8 Å². The second-order valence-corrected chi connectivity index (χ2v) is 4.33. The topological polar surface area (TPSA) is 52.1 Å². The van der Waals surface area contributed by atoms with E-state index in [9.17, 15) is 4.79 Å². The SMILES string of the molecule is CSc1ccccc1COC(=O)c1cnccn1. The molecule has 18 heavy (non-hydrogen) atoms. The summed E-state index contributed by atoms with van der Waals surface area (Å²) in [5.74, 6) is -0.459. The van der Waals surface area contributed by atoms with E-state index >= 15 is 0 Å². The molecule has 5 heteroatoms. The number of nitrogens with zero attached hydrogens (tertiary/aromatic N) is 2. The largest absolute Gasteiger partial charge is 0.456 e. The van der Waals surface area contributed by atoms with Crippen LogP contribution < -0.4 is 0 Å². The van der Waals surface area contributed by atoms with E-state index in [4.69, 9.17) is 4.74 Å². The van der Waals surface area contributed by atoms with Crippen molar-refractivity contribution in [3.8, 4) is 0 Å². The van der Waals surface area contributed by atoms with E-state index in [1.54, 1.807) is 11.8 Å². The number of thioether (sulfide) groups is 1. The lowest BCUT2D eigenvalue weighted by Gasteiger charge is -2.07. The van der Waals surface area contributed by atoms with Crippen LogP contribution in [0.2, 0.25) is 0 Å². The van der Waals surface area contributed by atoms with Crippen molar-refractivity contribution < 1.29 is 9.53 Å². The van der Waals surface area contributed by atoms with Gasteiger partial charge in [-0.3, -0.25) is 4.98 Å². The van der Waals surface area contributed by atoms with Crippen LogP contribution in [0.3, 0.4) is 0 Å². The van der Waals surface area contributed by atoms with Gasteiger partial charge in [0.25, 0.3) is 0 Å². The van der Waals surface area contributed by atoms with Gasteiger partial charge in [0.15, 0.2) is 5.69 Å². The molecule has 0 aliphatic heterocycles. The van der Waals surface area contributed by atoms with Gasteiger partial charge in [-0.05, 0) is 12.3 Å². The van der Waals surface area contributed by atoms with Crippen LogP contribution in [0.5, 0.6) is 0 Å². The van der Waals surface area contributed by atoms with Gasteiger partial charge in [0, 0.05) is 22.9 Å². The molecule has 1 heterocycles. The lowest BCUT2D eigenvalue weighted by molar-refractivity contribution is 0.0462. The molecule has 0 aliphatic rings. The highest BCUT2D eigenvalue weighted by molar-refractivity contribution is 7.98. The van der Waals surface area contributed by atoms with Crippen molar-refractivity contribution in [3.05, 3.63) is 54.1 Å². The maximum absolute atomic E-state index is 11.7. The molecule has 0 amide bonds. The van der Waals surface area contributed by atoms with E-state index in [1.165, 1.54) is 18.6 Å². The van der Waals surface area contributed by atoms with E-state index < -0.39 is 5.97 Å². The van der Waals surface area contributed by atoms with Crippen LogP contribution in [0, 0.1) is 0 Å². The van der Waals surface area contributed by atoms with Gasteiger partial charge in [-0.15, -0.1) is 11.8 Å². The van der Waals surface area contributed by atoms with Crippen LogP contribution in [-0.2, 0) is 11.3 Å². The zero-order valence-corrected chi connectivity index (χ0v) is 10.7. The van der Waals surface area contributed by atoms with Gasteiger partial charge in [-0.2, -0.15) is 0 Å². The fraction of sp³-hybridized carbons (Fsp3) is 0.154. The van der Waals surface area contributed by atoms with E-state index in [-0.39, 0.29) is 12.3 Å². The van der Waals surface area contributed by atoms with Gasteiger partial charge < -0.3 is 4.74 Å². The Labute approximate surface area is 109 Å². The fourth-order valence-corrected chi connectivity index (χ4v) is 2.05. The summed E-state index contributed by atoms with van der Waals surface area (Å²) >= 11 is 1.62. The third-order valence-electron chi connectivity index (χ3n) is 2.32. The highest BCUT2D eigenvalue weighted by Crippen LogP contribution is 2.20. The molecule has 0 fully saturated rings. The number of benzene rings is 1. The number of hydrogen-bond donors (Lipinski definition) is 0. The molecule has 0 radical (unpaired) electrons. The minimum Gasteiger partial charge on any atom is -0.456 e. The molecule has 0 atom stereocenters. The standard InChI is InChI=1S/C13H12N2O2S/c1-18-12-5-3-2-4-10(12)9-17-13(16)11-8-14-6-7-15-11/h2-8H,9H2,1H3. The number of carbonyl (C=O) groups excluding carboxylic acids is 1. The Morgan fingerprint density at radius 1 is 1.33 bits per heavy atom. The van der Waals surface area contributed by atoms with Crippen LogP contribution in [0.4, 0.5) is 0 Å². The van der Waals surface area contributed by atoms with Gasteiger partial charge in [-0.1, -0.05) is 18.2 Å². The van der Waals surface area contributed by atoms with Gasteiger partial charge in [0.2, 0.25) is 0 Å². The smallest absolute Gasteiger partial charge is 0.358 e. The molecule has 1 aromatic carbocycles. The Balaban J connectivity index is 2.02. The summed E-state index contributed by atoms with van der Waals surface area (Å²) in [6.07, 6.45) is 6.36. The zero-order valence-electron chi connectivity index (χ0n) is 9.87. The summed E-state index contributed by atoms with van der Waals surface area (Å²) in [4.78, 5) is 20.5. The molecule has 0 aliphatic carbocycles. The molecule has 0 N–H and O–H groups in total. The van der Waals surface area contributed by atoms with Gasteiger partial charge in [-0.25, -0.2) is 9.78 Å². The Kier molecular flexibility index (Phi) is 4.30. The Hall–Kier alpha value is -1.88. The Morgan fingerprint density at radius 2 is 2.17 bits per heavy atom. The molecule has 0 bridgehead atoms. The van der Waals surface area contributed by atoms with Gasteiger partial charge in [0.1, 0.15) is 6.61 Å². The second-order valence-electron chi connectivity index (χ2n) is 3.48. The minimum absolute atomic E-state index is 0.221. The van der Waals surface area contributed by atoms with Crippen molar-refractivity contribution in [2.24, 2.45) is 0 Å². The fourth-order valence-electron chi connectivity index (χ4n) is 1.44. The first-order chi connectivity index (χ1) is 8.81. The van der Waals surface area contributed by atoms with E-state index in [1.807, 2.05) is 30.5 Å². The number of esters is 1. The Bertz CT molecular complexity index is 532. The minimum atomic E-state index is -0.459. The maximum atomic E-state index is 11.7. The zero-order chi connectivity index (χ0) is 12.8. The summed E-state index contributed by atoms with van der Waals surface area (Å²) in [7, 11) is 0. The van der Waals surface area contributed by atoms with Crippen molar-refractivity contribution >= 4 is 17.7 Å². The first kappa shape index (κ1) is 12.6. The van der Waals surface area contributed by atoms with Crippen molar-refractivity contribution in [2.75, 3.05) is 6.26 Å². The number of rotatable bonds is 4. The highest BCUT2D eigenvalue weighted by Gasteiger charge is 2.09. The molecule has 1 aromatic heterocycles. The molecule has 0 saturated heterocycles. The maximum Gasteiger partial charge on any atom is 0.358 e. The number of carbonyl (C=O) groups is 1. The first-order valence-electron chi connectivity index (χ1n) is 5.36. The molecular formula is C13H12N2O2S. The van der Waals surface area contributed by atoms with Crippen molar-refractivity contribution in [1.82, 2.24) is 9.97 Å². The second kappa shape index (κ2) is 6.16. The summed E-state index contributed by atoms with van der Waals surface area (Å²) in [5, 5.41) is 0. The van der Waals surface area contributed by atoms with Crippen molar-refractivity contribution in [3.63, 3.8) is 0 Å². The van der Waals surface area contributed by atoms with Gasteiger partial charge in [0.05, 0.1) is 6.20 Å². The summed E-state index contributed by atoms with van der Waals surface area (Å²) < 4.78 is 5.20. The third-order valence-corrected chi connectivity index (χ3v) is 3.16. The van der Waals surface area contributed by atoms with Crippen molar-refractivity contribution in [2.45, 2.75) is 11.5 Å². The lowest BCUT2D eigenvalue weighted by atomic mass is 10.2. The summed E-state index contributed by atoms with van der Waals surface area (Å²) in [5.41, 5.74) is 1.21. The highest BCUT2D eigenvalue weighted by atomic mass is 32.2. The van der Waals surface area contributed by atoms with Crippen LogP contribution in [0.1, 0.15) is 16.1 Å². The average molecular weight is 260 g/mol. The van der Waals surface area contributed by atoms with Crippen LogP contribution in [0.25, 0.3) is 0 Å². The van der Waals surface area contributed by atoms with Crippen molar-refractivity contribution in [1.29, 1.82) is 0 Å². The van der Waals surface area contributed by atoms with E-state index in [0.717, 1.165) is 10.5 Å². The monoisotopic (exact) mass is 260 g/mol. The summed E-state index contributed by atoms with van der Waals surface area (Å²) in [6, 6.07) is 7.82. The van der Waals surface area contributed by atoms with Gasteiger partial charge >= 0.3 is 5.97 Å². The average Bonchev–Trinajstić information content (AvgIpc) is 2.46. The molecule has 2 aromatic rings. The molecule has 2 rings (SSSR count). The van der Waals surface area contributed by atoms with Crippen LogP contribution in [-0.4, -0.2) is 22.2 Å². The number of aromatic nitrogens is 2. The molecule has 0 saturated carbocycles. The Morgan fingerprint density at radius 3 is 2.89 bits per heavy atom. The normalized spacial score (nSPS) is 10.1. The molecule has 0 spiro atoms. The predicted octanol–water partition coefficient (Wildman–Crippen LogP) is 2.56. The lowest BCUT2D eigenvalue weighted by Crippen LogP contribution is -2.08. The third kappa shape index (κ3) is 3.07. The predicted molar refractivity (Wildman–Crippen MR) is 69.4 cm³/mol. The number of hydrogen-bond acceptors (Lipinski definition) is 5. The molecule has 92 valence electrons. The quantitative estimate of drug-likeness (QED) is 0.624. The first-order valence-corrected chi connectivity index (χ1v) is 6.59. The molecule has 0 unspecified atom stereocenters. The number of ether oxygens (including phenoxy) is 1. The molecular weight excluding hydrogens is 248 g/mol. The van der Waals surface area contributed by atoms with Crippen LogP contribution >= 0.6 is 11.8 Å².